The number of carbonyl (C=O) groups is 2. The van der Waals surface area contributed by atoms with Crippen LogP contribution in [0.5, 0.6) is 5.75 Å². The standard InChI is InChI=1S/C17H20BrN3O4/c1-24-14-5-3-12(4-6-14)10-21(16(22)8-18)15(17(23)25-2)7-13-9-19-11-20-13/h3-6,9,11,15H,7-8,10H2,1-2H3,(H,19,20)/t15-/m1/s1. The van der Waals surface area contributed by atoms with Crippen molar-refractivity contribution in [3.05, 3.63) is 48.0 Å². The third kappa shape index (κ3) is 5.06. The number of halogens is 1. The van der Waals surface area contributed by atoms with Crippen molar-refractivity contribution in [3.63, 3.8) is 0 Å². The van der Waals surface area contributed by atoms with E-state index in [0.717, 1.165) is 17.0 Å². The van der Waals surface area contributed by atoms with Crippen LogP contribution in [0.3, 0.4) is 0 Å². The number of H-pyrrole nitrogens is 1. The maximum Gasteiger partial charge on any atom is 0.328 e. The molecule has 0 fully saturated rings. The molecular formula is C17H20BrN3O4. The Kier molecular flexibility index (Phi) is 7.00. The predicted molar refractivity (Wildman–Crippen MR) is 95.4 cm³/mol. The molecule has 0 unspecified atom stereocenters. The number of carbonyl (C=O) groups excluding carboxylic acids is 2. The maximum absolute atomic E-state index is 12.5. The lowest BCUT2D eigenvalue weighted by Crippen LogP contribution is -2.47. The van der Waals surface area contributed by atoms with Crippen LogP contribution in [-0.2, 0) is 27.3 Å². The van der Waals surface area contributed by atoms with Gasteiger partial charge < -0.3 is 19.4 Å². The van der Waals surface area contributed by atoms with Gasteiger partial charge >= 0.3 is 5.97 Å². The van der Waals surface area contributed by atoms with Crippen LogP contribution >= 0.6 is 15.9 Å². The highest BCUT2D eigenvalue weighted by molar-refractivity contribution is 9.09. The van der Waals surface area contributed by atoms with Crippen LogP contribution in [0, 0.1) is 0 Å². The van der Waals surface area contributed by atoms with Gasteiger partial charge in [-0.2, -0.15) is 0 Å². The zero-order valence-corrected chi connectivity index (χ0v) is 15.7. The summed E-state index contributed by atoms with van der Waals surface area (Å²) in [5.74, 6) is 0.0484. The van der Waals surface area contributed by atoms with E-state index in [1.54, 1.807) is 13.3 Å². The number of nitrogens with zero attached hydrogens (tertiary/aromatic N) is 2. The molecule has 1 aromatic carbocycles. The summed E-state index contributed by atoms with van der Waals surface area (Å²) in [4.78, 5) is 33.2. The Balaban J connectivity index is 2.27. The van der Waals surface area contributed by atoms with Crippen molar-refractivity contribution in [2.24, 2.45) is 0 Å². The number of aromatic nitrogens is 2. The van der Waals surface area contributed by atoms with Gasteiger partial charge in [0.1, 0.15) is 11.8 Å². The van der Waals surface area contributed by atoms with Gasteiger partial charge in [0.25, 0.3) is 0 Å². The fraction of sp³-hybridized carbons (Fsp3) is 0.353. The summed E-state index contributed by atoms with van der Waals surface area (Å²) in [5.41, 5.74) is 1.63. The molecule has 0 aliphatic heterocycles. The lowest BCUT2D eigenvalue weighted by Gasteiger charge is -2.29. The number of aromatic amines is 1. The lowest BCUT2D eigenvalue weighted by molar-refractivity contribution is -0.152. The van der Waals surface area contributed by atoms with E-state index in [1.807, 2.05) is 24.3 Å². The molecule has 1 heterocycles. The summed E-state index contributed by atoms with van der Waals surface area (Å²) < 4.78 is 10.1. The fourth-order valence-corrected chi connectivity index (χ4v) is 2.76. The minimum atomic E-state index is -0.752. The zero-order valence-electron chi connectivity index (χ0n) is 14.1. The number of rotatable bonds is 8. The van der Waals surface area contributed by atoms with Crippen LogP contribution in [-0.4, -0.2) is 52.3 Å². The van der Waals surface area contributed by atoms with E-state index in [-0.39, 0.29) is 17.8 Å². The summed E-state index contributed by atoms with van der Waals surface area (Å²) in [5, 5.41) is 0.111. The highest BCUT2D eigenvalue weighted by atomic mass is 79.9. The molecule has 1 atom stereocenters. The van der Waals surface area contributed by atoms with Crippen molar-refractivity contribution in [2.45, 2.75) is 19.0 Å². The van der Waals surface area contributed by atoms with Crippen molar-refractivity contribution in [1.29, 1.82) is 0 Å². The first-order valence-corrected chi connectivity index (χ1v) is 8.74. The summed E-state index contributed by atoms with van der Waals surface area (Å²) in [6.45, 7) is 0.280. The quantitative estimate of drug-likeness (QED) is 0.531. The Hall–Kier alpha value is -2.35. The monoisotopic (exact) mass is 409 g/mol. The second-order valence-corrected chi connectivity index (χ2v) is 5.88. The number of hydrogen-bond acceptors (Lipinski definition) is 5. The largest absolute Gasteiger partial charge is 0.497 e. The van der Waals surface area contributed by atoms with E-state index in [2.05, 4.69) is 25.9 Å². The first-order chi connectivity index (χ1) is 12.1. The molecule has 25 heavy (non-hydrogen) atoms. The Morgan fingerprint density at radius 1 is 1.28 bits per heavy atom. The van der Waals surface area contributed by atoms with Gasteiger partial charge in [-0.05, 0) is 17.7 Å². The molecule has 0 radical (unpaired) electrons. The minimum Gasteiger partial charge on any atom is -0.497 e. The Labute approximate surface area is 154 Å². The molecule has 2 aromatic rings. The second kappa shape index (κ2) is 9.22. The van der Waals surface area contributed by atoms with Gasteiger partial charge in [-0.3, -0.25) is 4.79 Å². The van der Waals surface area contributed by atoms with Gasteiger partial charge in [0, 0.05) is 24.9 Å². The van der Waals surface area contributed by atoms with Gasteiger partial charge in [0.05, 0.1) is 25.9 Å². The summed E-state index contributed by atoms with van der Waals surface area (Å²) in [6, 6.07) is 6.59. The van der Waals surface area contributed by atoms with Gasteiger partial charge in [-0.1, -0.05) is 28.1 Å². The first-order valence-electron chi connectivity index (χ1n) is 7.62. The summed E-state index contributed by atoms with van der Waals surface area (Å²) >= 11 is 3.19. The molecule has 1 aromatic heterocycles. The molecule has 7 nitrogen and oxygen atoms in total. The van der Waals surface area contributed by atoms with Gasteiger partial charge in [-0.25, -0.2) is 9.78 Å². The Morgan fingerprint density at radius 2 is 2.00 bits per heavy atom. The Morgan fingerprint density at radius 3 is 2.52 bits per heavy atom. The number of alkyl halides is 1. The molecular weight excluding hydrogens is 390 g/mol. The molecule has 0 aliphatic rings. The van der Waals surface area contributed by atoms with Crippen molar-refractivity contribution in [2.75, 3.05) is 19.5 Å². The molecule has 0 saturated carbocycles. The number of nitrogens with one attached hydrogen (secondary N) is 1. The van der Waals surface area contributed by atoms with Crippen LogP contribution in [0.4, 0.5) is 0 Å². The molecule has 0 bridgehead atoms. The van der Waals surface area contributed by atoms with E-state index < -0.39 is 12.0 Å². The third-order valence-corrected chi connectivity index (χ3v) is 4.24. The van der Waals surface area contributed by atoms with E-state index >= 15 is 0 Å². The van der Waals surface area contributed by atoms with Crippen LogP contribution in [0.15, 0.2) is 36.8 Å². The predicted octanol–water partition coefficient (Wildman–Crippen LogP) is 1.93. The topological polar surface area (TPSA) is 84.5 Å². The number of amides is 1. The maximum atomic E-state index is 12.5. The van der Waals surface area contributed by atoms with E-state index in [4.69, 9.17) is 9.47 Å². The molecule has 0 aliphatic carbocycles. The number of benzene rings is 1. The number of imidazole rings is 1. The molecule has 0 spiro atoms. The fourth-order valence-electron chi connectivity index (χ4n) is 2.44. The molecule has 2 rings (SSSR count). The molecule has 134 valence electrons. The number of methoxy groups -OCH3 is 2. The summed E-state index contributed by atoms with van der Waals surface area (Å²) in [6.07, 6.45) is 3.45. The highest BCUT2D eigenvalue weighted by Gasteiger charge is 2.31. The van der Waals surface area contributed by atoms with E-state index in [9.17, 15) is 9.59 Å². The van der Waals surface area contributed by atoms with Crippen LogP contribution in [0.2, 0.25) is 0 Å². The molecule has 8 heteroatoms. The molecule has 1 N–H and O–H groups in total. The lowest BCUT2D eigenvalue weighted by atomic mass is 10.1. The van der Waals surface area contributed by atoms with Crippen LogP contribution in [0.25, 0.3) is 0 Å². The SMILES string of the molecule is COC(=O)[C@@H](Cc1cnc[nH]1)N(Cc1ccc(OC)cc1)C(=O)CBr. The van der Waals surface area contributed by atoms with Crippen molar-refractivity contribution in [3.8, 4) is 5.75 Å². The smallest absolute Gasteiger partial charge is 0.328 e. The number of ether oxygens (including phenoxy) is 2. The van der Waals surface area contributed by atoms with Crippen LogP contribution in [0.1, 0.15) is 11.3 Å². The number of hydrogen-bond donors (Lipinski definition) is 1. The minimum absolute atomic E-state index is 0.111. The number of esters is 1. The van der Waals surface area contributed by atoms with E-state index in [0.29, 0.717) is 6.42 Å². The van der Waals surface area contributed by atoms with Crippen molar-refractivity contribution < 1.29 is 19.1 Å². The summed E-state index contributed by atoms with van der Waals surface area (Å²) in [7, 11) is 2.90. The van der Waals surface area contributed by atoms with Crippen molar-refractivity contribution >= 4 is 27.8 Å². The Bertz CT molecular complexity index is 688. The van der Waals surface area contributed by atoms with Gasteiger partial charge in [0.2, 0.25) is 5.91 Å². The second-order valence-electron chi connectivity index (χ2n) is 5.32. The zero-order chi connectivity index (χ0) is 18.2. The highest BCUT2D eigenvalue weighted by Crippen LogP contribution is 2.17. The average Bonchev–Trinajstić information content (AvgIpc) is 3.17. The van der Waals surface area contributed by atoms with E-state index in [1.165, 1.54) is 18.3 Å². The van der Waals surface area contributed by atoms with Crippen molar-refractivity contribution in [1.82, 2.24) is 14.9 Å². The molecule has 0 saturated heterocycles. The molecule has 1 amide bonds. The van der Waals surface area contributed by atoms with Gasteiger partial charge in [0.15, 0.2) is 0 Å². The average molecular weight is 410 g/mol. The van der Waals surface area contributed by atoms with Gasteiger partial charge in [-0.15, -0.1) is 0 Å². The normalized spacial score (nSPS) is 11.6. The third-order valence-electron chi connectivity index (χ3n) is 3.76. The first kappa shape index (κ1) is 19.0. The van der Waals surface area contributed by atoms with Crippen LogP contribution < -0.4 is 4.74 Å².